The predicted octanol–water partition coefficient (Wildman–Crippen LogP) is 3.52. The van der Waals surface area contributed by atoms with Crippen molar-refractivity contribution in [3.63, 3.8) is 0 Å². The van der Waals surface area contributed by atoms with Gasteiger partial charge in [0, 0.05) is 44.5 Å². The average Bonchev–Trinajstić information content (AvgIpc) is 2.72. The van der Waals surface area contributed by atoms with E-state index >= 15 is 0 Å². The third kappa shape index (κ3) is 3.87. The van der Waals surface area contributed by atoms with Crippen LogP contribution in [0.25, 0.3) is 0 Å². The standard InChI is InChI=1S/C22H28N2O2/c1-25-20-7-4-6-19(17-20)24-14-12-23(13-15-24)11-9-22-21-8-3-2-5-18(21)10-16-26-22/h2-8,17,22H,9-16H2,1H3. The quantitative estimate of drug-likeness (QED) is 0.822. The van der Waals surface area contributed by atoms with Crippen LogP contribution in [0.2, 0.25) is 0 Å². The zero-order chi connectivity index (χ0) is 17.8. The lowest BCUT2D eigenvalue weighted by atomic mass is 9.95. The first-order chi connectivity index (χ1) is 12.8. The molecule has 1 unspecified atom stereocenters. The Balaban J connectivity index is 1.29. The molecule has 4 nitrogen and oxygen atoms in total. The molecule has 4 heteroatoms. The molecule has 1 saturated heterocycles. The SMILES string of the molecule is COc1cccc(N2CCN(CCC3OCCc4ccccc43)CC2)c1. The van der Waals surface area contributed by atoms with Gasteiger partial charge >= 0.3 is 0 Å². The smallest absolute Gasteiger partial charge is 0.120 e. The summed E-state index contributed by atoms with van der Waals surface area (Å²) in [5, 5.41) is 0. The highest BCUT2D eigenvalue weighted by atomic mass is 16.5. The van der Waals surface area contributed by atoms with Gasteiger partial charge in [-0.25, -0.2) is 0 Å². The summed E-state index contributed by atoms with van der Waals surface area (Å²) in [6, 6.07) is 17.1. The zero-order valence-electron chi connectivity index (χ0n) is 15.6. The van der Waals surface area contributed by atoms with Crippen LogP contribution in [-0.4, -0.2) is 51.3 Å². The summed E-state index contributed by atoms with van der Waals surface area (Å²) in [7, 11) is 1.72. The lowest BCUT2D eigenvalue weighted by molar-refractivity contribution is 0.0289. The Morgan fingerprint density at radius 1 is 1.04 bits per heavy atom. The lowest BCUT2D eigenvalue weighted by Crippen LogP contribution is -2.46. The summed E-state index contributed by atoms with van der Waals surface area (Å²) >= 11 is 0. The molecular formula is C22H28N2O2. The Bertz CT molecular complexity index is 726. The fourth-order valence-electron chi connectivity index (χ4n) is 4.05. The summed E-state index contributed by atoms with van der Waals surface area (Å²) in [4.78, 5) is 5.02. The van der Waals surface area contributed by atoms with Gasteiger partial charge < -0.3 is 14.4 Å². The van der Waals surface area contributed by atoms with E-state index in [0.717, 1.165) is 57.9 Å². The Kier molecular flexibility index (Phi) is 5.42. The highest BCUT2D eigenvalue weighted by molar-refractivity contribution is 5.51. The second-order valence-corrected chi connectivity index (χ2v) is 7.13. The van der Waals surface area contributed by atoms with Crippen LogP contribution >= 0.6 is 0 Å². The van der Waals surface area contributed by atoms with Crippen molar-refractivity contribution in [2.24, 2.45) is 0 Å². The van der Waals surface area contributed by atoms with Gasteiger partial charge in [-0.05, 0) is 36.1 Å². The molecule has 2 aromatic rings. The Labute approximate surface area is 156 Å². The molecule has 0 aromatic heterocycles. The van der Waals surface area contributed by atoms with E-state index in [9.17, 15) is 0 Å². The van der Waals surface area contributed by atoms with E-state index < -0.39 is 0 Å². The molecule has 0 bridgehead atoms. The first-order valence-corrected chi connectivity index (χ1v) is 9.64. The van der Waals surface area contributed by atoms with Gasteiger partial charge in [0.2, 0.25) is 0 Å². The van der Waals surface area contributed by atoms with E-state index in [1.807, 2.05) is 6.07 Å². The van der Waals surface area contributed by atoms with Crippen molar-refractivity contribution >= 4 is 5.69 Å². The monoisotopic (exact) mass is 352 g/mol. The van der Waals surface area contributed by atoms with E-state index in [0.29, 0.717) is 0 Å². The molecule has 0 radical (unpaired) electrons. The second kappa shape index (κ2) is 8.11. The Hall–Kier alpha value is -2.04. The van der Waals surface area contributed by atoms with Crippen molar-refractivity contribution in [3.8, 4) is 5.75 Å². The number of piperazine rings is 1. The van der Waals surface area contributed by atoms with Gasteiger partial charge in [-0.15, -0.1) is 0 Å². The molecule has 0 saturated carbocycles. The van der Waals surface area contributed by atoms with Gasteiger partial charge in [0.05, 0.1) is 19.8 Å². The molecule has 1 fully saturated rings. The van der Waals surface area contributed by atoms with Crippen LogP contribution in [0.1, 0.15) is 23.7 Å². The van der Waals surface area contributed by atoms with Gasteiger partial charge in [0.15, 0.2) is 0 Å². The van der Waals surface area contributed by atoms with Crippen LogP contribution < -0.4 is 9.64 Å². The van der Waals surface area contributed by atoms with Gasteiger partial charge in [0.1, 0.15) is 5.75 Å². The van der Waals surface area contributed by atoms with Crippen LogP contribution in [0.5, 0.6) is 5.75 Å². The molecule has 2 aromatic carbocycles. The minimum absolute atomic E-state index is 0.261. The summed E-state index contributed by atoms with van der Waals surface area (Å²) in [6.45, 7) is 6.29. The number of nitrogens with zero attached hydrogens (tertiary/aromatic N) is 2. The van der Waals surface area contributed by atoms with Crippen LogP contribution in [0.15, 0.2) is 48.5 Å². The molecule has 1 atom stereocenters. The Morgan fingerprint density at radius 2 is 1.88 bits per heavy atom. The third-order valence-corrected chi connectivity index (χ3v) is 5.59. The average molecular weight is 352 g/mol. The topological polar surface area (TPSA) is 24.9 Å². The lowest BCUT2D eigenvalue weighted by Gasteiger charge is -2.37. The zero-order valence-corrected chi connectivity index (χ0v) is 15.6. The number of hydrogen-bond donors (Lipinski definition) is 0. The van der Waals surface area contributed by atoms with Crippen LogP contribution in [0, 0.1) is 0 Å². The van der Waals surface area contributed by atoms with Crippen LogP contribution in [0.3, 0.4) is 0 Å². The molecule has 0 amide bonds. The minimum atomic E-state index is 0.261. The molecule has 0 aliphatic carbocycles. The largest absolute Gasteiger partial charge is 0.497 e. The van der Waals surface area contributed by atoms with E-state index in [-0.39, 0.29) is 6.10 Å². The molecule has 2 aliphatic rings. The summed E-state index contributed by atoms with van der Waals surface area (Å²) < 4.78 is 11.4. The van der Waals surface area contributed by atoms with Crippen molar-refractivity contribution in [2.45, 2.75) is 18.9 Å². The number of benzene rings is 2. The first-order valence-electron chi connectivity index (χ1n) is 9.64. The van der Waals surface area contributed by atoms with Gasteiger partial charge in [0.25, 0.3) is 0 Å². The number of anilines is 1. The van der Waals surface area contributed by atoms with E-state index in [4.69, 9.17) is 9.47 Å². The maximum atomic E-state index is 6.06. The summed E-state index contributed by atoms with van der Waals surface area (Å²) in [5.74, 6) is 0.929. The van der Waals surface area contributed by atoms with Crippen molar-refractivity contribution < 1.29 is 9.47 Å². The maximum Gasteiger partial charge on any atom is 0.120 e. The molecule has 0 spiro atoms. The van der Waals surface area contributed by atoms with Crippen LogP contribution in [-0.2, 0) is 11.2 Å². The fourth-order valence-corrected chi connectivity index (χ4v) is 4.05. The van der Waals surface area contributed by atoms with Crippen molar-refractivity contribution in [3.05, 3.63) is 59.7 Å². The van der Waals surface area contributed by atoms with Crippen molar-refractivity contribution in [1.29, 1.82) is 0 Å². The number of hydrogen-bond acceptors (Lipinski definition) is 4. The maximum absolute atomic E-state index is 6.06. The van der Waals surface area contributed by atoms with E-state index in [1.165, 1.54) is 16.8 Å². The normalized spacial score (nSPS) is 20.7. The summed E-state index contributed by atoms with van der Waals surface area (Å²) in [6.07, 6.45) is 2.39. The van der Waals surface area contributed by atoms with Crippen LogP contribution in [0.4, 0.5) is 5.69 Å². The molecule has 26 heavy (non-hydrogen) atoms. The van der Waals surface area contributed by atoms with E-state index in [2.05, 4.69) is 52.3 Å². The van der Waals surface area contributed by atoms with Gasteiger partial charge in [-0.2, -0.15) is 0 Å². The molecule has 2 heterocycles. The number of fused-ring (bicyclic) bond motifs is 1. The summed E-state index contributed by atoms with van der Waals surface area (Å²) in [5.41, 5.74) is 4.12. The molecular weight excluding hydrogens is 324 g/mol. The van der Waals surface area contributed by atoms with Gasteiger partial charge in [-0.1, -0.05) is 30.3 Å². The second-order valence-electron chi connectivity index (χ2n) is 7.13. The predicted molar refractivity (Wildman–Crippen MR) is 105 cm³/mol. The Morgan fingerprint density at radius 3 is 2.73 bits per heavy atom. The fraction of sp³-hybridized carbons (Fsp3) is 0.455. The first kappa shape index (κ1) is 17.4. The van der Waals surface area contributed by atoms with Crippen molar-refractivity contribution in [1.82, 2.24) is 4.90 Å². The number of rotatable bonds is 5. The van der Waals surface area contributed by atoms with E-state index in [1.54, 1.807) is 7.11 Å². The minimum Gasteiger partial charge on any atom is -0.497 e. The highest BCUT2D eigenvalue weighted by Gasteiger charge is 2.23. The molecule has 0 N–H and O–H groups in total. The highest BCUT2D eigenvalue weighted by Crippen LogP contribution is 2.30. The molecule has 4 rings (SSSR count). The molecule has 138 valence electrons. The molecule has 2 aliphatic heterocycles. The van der Waals surface area contributed by atoms with Crippen molar-refractivity contribution in [2.75, 3.05) is 51.3 Å². The van der Waals surface area contributed by atoms with Gasteiger partial charge in [-0.3, -0.25) is 4.90 Å². The number of ether oxygens (including phenoxy) is 2. The third-order valence-electron chi connectivity index (χ3n) is 5.59. The number of methoxy groups -OCH3 is 1.